The fourth-order valence-corrected chi connectivity index (χ4v) is 4.17. The lowest BCUT2D eigenvalue weighted by atomic mass is 10.0. The van der Waals surface area contributed by atoms with Gasteiger partial charge in [-0.25, -0.2) is 8.78 Å². The maximum Gasteiger partial charge on any atom is 0.162 e. The minimum absolute atomic E-state index is 0.104. The Labute approximate surface area is 193 Å². The third-order valence-electron chi connectivity index (χ3n) is 5.13. The van der Waals surface area contributed by atoms with Crippen LogP contribution in [-0.2, 0) is 0 Å². The lowest BCUT2D eigenvalue weighted by molar-refractivity contribution is 0.0562. The summed E-state index contributed by atoms with van der Waals surface area (Å²) in [5.41, 5.74) is 3.00. The fourth-order valence-electron chi connectivity index (χ4n) is 3.50. The Hall–Kier alpha value is -2.96. The Balaban J connectivity index is 1.73. The Bertz CT molecular complexity index is 1340. The molecule has 0 aliphatic carbocycles. The summed E-state index contributed by atoms with van der Waals surface area (Å²) in [5, 5.41) is 0.181. The third kappa shape index (κ3) is 4.20. The van der Waals surface area contributed by atoms with Gasteiger partial charge in [-0.05, 0) is 55.0 Å². The minimum atomic E-state index is -0.673. The van der Waals surface area contributed by atoms with Crippen LogP contribution in [0.5, 0.6) is 0 Å². The second-order valence-electron chi connectivity index (χ2n) is 7.28. The highest BCUT2D eigenvalue weighted by Gasteiger charge is 2.20. The molecule has 0 N–H and O–H groups in total. The molecular weight excluding hydrogens is 457 g/mol. The summed E-state index contributed by atoms with van der Waals surface area (Å²) in [6.45, 7) is 3.42. The predicted molar refractivity (Wildman–Crippen MR) is 121 cm³/mol. The van der Waals surface area contributed by atoms with Crippen molar-refractivity contribution in [1.82, 2.24) is 9.71 Å². The van der Waals surface area contributed by atoms with Gasteiger partial charge < -0.3 is 4.84 Å². The lowest BCUT2D eigenvalue weighted by Gasteiger charge is -2.19. The van der Waals surface area contributed by atoms with Crippen LogP contribution in [-0.4, -0.2) is 15.5 Å². The topological polar surface area (TPSA) is 44.1 Å². The fraction of sp³-hybridized carbons (Fsp3) is 0.167. The highest BCUT2D eigenvalue weighted by atomic mass is 35.5. The average Bonchev–Trinajstić information content (AvgIpc) is 3.17. The Kier molecular flexibility index (Phi) is 6.17. The van der Waals surface area contributed by atoms with Gasteiger partial charge in [0, 0.05) is 40.5 Å². The molecule has 4 rings (SSSR count). The highest BCUT2D eigenvalue weighted by Crippen LogP contribution is 2.33. The molecule has 4 aromatic rings. The summed E-state index contributed by atoms with van der Waals surface area (Å²) in [7, 11) is 0. The third-order valence-corrected chi connectivity index (χ3v) is 5.85. The number of nitrogens with zero attached hydrogens (tertiary/aromatic N) is 2. The van der Waals surface area contributed by atoms with Crippen LogP contribution < -0.4 is 4.84 Å². The zero-order valence-electron chi connectivity index (χ0n) is 17.2. The Morgan fingerprint density at radius 3 is 2.66 bits per heavy atom. The molecule has 0 aliphatic rings. The molecule has 164 valence electrons. The first kappa shape index (κ1) is 22.2. The molecular formula is C24H18Cl2F2N2O2. The molecule has 2 aromatic heterocycles. The maximum atomic E-state index is 14.2. The van der Waals surface area contributed by atoms with E-state index in [9.17, 15) is 13.6 Å². The van der Waals surface area contributed by atoms with E-state index in [-0.39, 0.29) is 22.2 Å². The van der Waals surface area contributed by atoms with E-state index in [0.717, 1.165) is 0 Å². The van der Waals surface area contributed by atoms with Crippen LogP contribution >= 0.6 is 23.2 Å². The largest absolute Gasteiger partial charge is 0.406 e. The van der Waals surface area contributed by atoms with Crippen molar-refractivity contribution in [3.63, 3.8) is 0 Å². The summed E-state index contributed by atoms with van der Waals surface area (Å²) in [6, 6.07) is 10.3. The number of halogens is 4. The van der Waals surface area contributed by atoms with Crippen molar-refractivity contribution in [2.75, 3.05) is 0 Å². The van der Waals surface area contributed by atoms with E-state index in [1.54, 1.807) is 44.4 Å². The first-order valence-corrected chi connectivity index (χ1v) is 10.7. The number of ketones is 1. The van der Waals surface area contributed by atoms with Gasteiger partial charge in [-0.3, -0.25) is 9.78 Å². The SMILES string of the molecule is CCC(=O)c1cc(F)cc(-c2cnc3ccn(OC(C)c4c(Cl)ccc(F)c4Cl)c3c2)c1. The van der Waals surface area contributed by atoms with Crippen LogP contribution in [0, 0.1) is 11.6 Å². The quantitative estimate of drug-likeness (QED) is 0.221. The molecule has 1 atom stereocenters. The monoisotopic (exact) mass is 474 g/mol. The number of rotatable bonds is 6. The number of hydrogen-bond acceptors (Lipinski definition) is 3. The van der Waals surface area contributed by atoms with Gasteiger partial charge in [0.15, 0.2) is 11.9 Å². The number of benzene rings is 2. The predicted octanol–water partition coefficient (Wildman–Crippen LogP) is 7.07. The van der Waals surface area contributed by atoms with Crippen LogP contribution in [0.4, 0.5) is 8.78 Å². The lowest BCUT2D eigenvalue weighted by Crippen LogP contribution is -2.16. The standard InChI is InChI=1S/C24H18Cl2F2N2O2/c1-3-22(31)15-8-14(9-17(27)10-15)16-11-21-20(29-12-16)6-7-30(21)32-13(2)23-18(25)4-5-19(28)24(23)26/h4-13H,3H2,1-2H3. The van der Waals surface area contributed by atoms with Crippen molar-refractivity contribution in [3.05, 3.63) is 87.7 Å². The molecule has 0 amide bonds. The van der Waals surface area contributed by atoms with E-state index in [1.807, 2.05) is 0 Å². The second kappa shape index (κ2) is 8.88. The first-order valence-electron chi connectivity index (χ1n) is 9.90. The van der Waals surface area contributed by atoms with Crippen molar-refractivity contribution in [2.24, 2.45) is 0 Å². The van der Waals surface area contributed by atoms with Crippen LogP contribution in [0.1, 0.15) is 42.3 Å². The van der Waals surface area contributed by atoms with Crippen LogP contribution in [0.15, 0.2) is 54.9 Å². The maximum absolute atomic E-state index is 14.2. The molecule has 0 fully saturated rings. The van der Waals surface area contributed by atoms with Crippen molar-refractivity contribution in [2.45, 2.75) is 26.4 Å². The molecule has 0 spiro atoms. The number of aromatic nitrogens is 2. The molecule has 0 aliphatic heterocycles. The summed E-state index contributed by atoms with van der Waals surface area (Å²) < 4.78 is 29.6. The molecule has 1 unspecified atom stereocenters. The van der Waals surface area contributed by atoms with E-state index < -0.39 is 17.7 Å². The molecule has 0 radical (unpaired) electrons. The van der Waals surface area contributed by atoms with Gasteiger partial charge in [0.1, 0.15) is 17.2 Å². The molecule has 8 heteroatoms. The number of fused-ring (bicyclic) bond motifs is 1. The number of carbonyl (C=O) groups is 1. The van der Waals surface area contributed by atoms with Crippen molar-refractivity contribution >= 4 is 40.0 Å². The smallest absolute Gasteiger partial charge is 0.162 e. The molecule has 2 heterocycles. The van der Waals surface area contributed by atoms with E-state index in [1.165, 1.54) is 29.0 Å². The van der Waals surface area contributed by atoms with E-state index in [4.69, 9.17) is 28.0 Å². The van der Waals surface area contributed by atoms with Gasteiger partial charge in [0.05, 0.1) is 10.5 Å². The van der Waals surface area contributed by atoms with Crippen molar-refractivity contribution in [1.29, 1.82) is 0 Å². The van der Waals surface area contributed by atoms with Crippen LogP contribution in [0.2, 0.25) is 10.0 Å². The van der Waals surface area contributed by atoms with Crippen molar-refractivity contribution < 1.29 is 18.4 Å². The molecule has 0 saturated carbocycles. The van der Waals surface area contributed by atoms with Gasteiger partial charge in [-0.2, -0.15) is 4.73 Å². The second-order valence-corrected chi connectivity index (χ2v) is 8.06. The average molecular weight is 475 g/mol. The Morgan fingerprint density at radius 1 is 1.12 bits per heavy atom. The van der Waals surface area contributed by atoms with Crippen LogP contribution in [0.25, 0.3) is 22.2 Å². The summed E-state index contributed by atoms with van der Waals surface area (Å²) >= 11 is 12.3. The molecule has 4 nitrogen and oxygen atoms in total. The van der Waals surface area contributed by atoms with Gasteiger partial charge >= 0.3 is 0 Å². The highest BCUT2D eigenvalue weighted by molar-refractivity contribution is 6.36. The van der Waals surface area contributed by atoms with Gasteiger partial charge in [-0.1, -0.05) is 30.1 Å². The number of pyridine rings is 1. The van der Waals surface area contributed by atoms with E-state index in [0.29, 0.717) is 33.3 Å². The van der Waals surface area contributed by atoms with E-state index in [2.05, 4.69) is 4.98 Å². The first-order chi connectivity index (χ1) is 15.3. The van der Waals surface area contributed by atoms with Crippen LogP contribution in [0.3, 0.4) is 0 Å². The van der Waals surface area contributed by atoms with Gasteiger partial charge in [-0.15, -0.1) is 0 Å². The summed E-state index contributed by atoms with van der Waals surface area (Å²) in [4.78, 5) is 22.4. The normalized spacial score (nSPS) is 12.2. The number of carbonyl (C=O) groups excluding carboxylic acids is 1. The molecule has 0 bridgehead atoms. The molecule has 2 aromatic carbocycles. The zero-order valence-corrected chi connectivity index (χ0v) is 18.7. The number of hydrogen-bond donors (Lipinski definition) is 0. The van der Waals surface area contributed by atoms with Crippen molar-refractivity contribution in [3.8, 4) is 11.1 Å². The van der Waals surface area contributed by atoms with E-state index >= 15 is 0 Å². The molecule has 0 saturated heterocycles. The zero-order chi connectivity index (χ0) is 23.0. The van der Waals surface area contributed by atoms with Gasteiger partial charge in [0.2, 0.25) is 0 Å². The summed E-state index contributed by atoms with van der Waals surface area (Å²) in [5.74, 6) is -1.24. The minimum Gasteiger partial charge on any atom is -0.406 e. The Morgan fingerprint density at radius 2 is 1.91 bits per heavy atom. The van der Waals surface area contributed by atoms with Gasteiger partial charge in [0.25, 0.3) is 0 Å². The summed E-state index contributed by atoms with van der Waals surface area (Å²) in [6.07, 6.45) is 2.87. The molecule has 32 heavy (non-hydrogen) atoms. The number of Topliss-reactive ketones (excluding diaryl/α,β-unsaturated/α-hetero) is 1.